The molecule has 28 nitrogen and oxygen atoms in total. The second kappa shape index (κ2) is 41.5. The number of fused-ring (bicyclic) bond motifs is 8. The van der Waals surface area contributed by atoms with Gasteiger partial charge in [-0.15, -0.1) is 0 Å². The number of hydrogen-bond donors (Lipinski definition) is 6. The first-order valence-electron chi connectivity index (χ1n) is 46.7. The molecular formula is C103H101F8IN12O16. The Balaban J connectivity index is 0.000000129. The molecule has 4 fully saturated rings. The van der Waals surface area contributed by atoms with E-state index >= 15 is 0 Å². The van der Waals surface area contributed by atoms with E-state index in [0.717, 1.165) is 105 Å². The summed E-state index contributed by atoms with van der Waals surface area (Å²) in [6, 6.07) is 31.8. The van der Waals surface area contributed by atoms with Crippen LogP contribution in [0.2, 0.25) is 0 Å². The van der Waals surface area contributed by atoms with Crippen molar-refractivity contribution in [2.75, 3.05) is 19.6 Å². The van der Waals surface area contributed by atoms with Crippen molar-refractivity contribution in [3.05, 3.63) is 327 Å². The van der Waals surface area contributed by atoms with Crippen LogP contribution in [0.4, 0.5) is 35.1 Å². The number of carbonyl (C=O) groups is 7. The van der Waals surface area contributed by atoms with Gasteiger partial charge in [0.25, 0.3) is 41.4 Å². The third-order valence-electron chi connectivity index (χ3n) is 28.3. The van der Waals surface area contributed by atoms with Crippen molar-refractivity contribution in [1.82, 2.24) is 53.8 Å². The van der Waals surface area contributed by atoms with Crippen molar-refractivity contribution in [2.24, 2.45) is 17.6 Å². The summed E-state index contributed by atoms with van der Waals surface area (Å²) in [7, 11) is 0. The van der Waals surface area contributed by atoms with Gasteiger partial charge in [0, 0.05) is 121 Å². The molecule has 7 N–H and O–H groups in total. The number of aromatic hydroxyl groups is 2. The fourth-order valence-corrected chi connectivity index (χ4v) is 23.0. The summed E-state index contributed by atoms with van der Waals surface area (Å²) in [4.78, 5) is 152. The Kier molecular flexibility index (Phi) is 29.5. The zero-order valence-electron chi connectivity index (χ0n) is 77.0. The van der Waals surface area contributed by atoms with E-state index in [4.69, 9.17) is 19.9 Å². The number of rotatable bonds is 16. The fraction of sp³-hybridized carbons (Fsp3) is 0.379. The number of ether oxygens (including phenoxy) is 2. The van der Waals surface area contributed by atoms with Gasteiger partial charge in [0.1, 0.15) is 76.4 Å². The molecule has 22 rings (SSSR count). The number of nitrogens with one attached hydrogen (secondary N) is 3. The van der Waals surface area contributed by atoms with Crippen LogP contribution in [0.15, 0.2) is 153 Å². The molecule has 0 radical (unpaired) electrons. The van der Waals surface area contributed by atoms with Gasteiger partial charge in [-0.1, -0.05) is 113 Å². The van der Waals surface area contributed by atoms with Crippen LogP contribution in [0.3, 0.4) is 0 Å². The maximum absolute atomic E-state index is 14.2. The molecule has 0 bridgehead atoms. The van der Waals surface area contributed by atoms with E-state index in [1.54, 1.807) is 18.9 Å². The average Bonchev–Trinajstić information content (AvgIpc) is 1.55. The van der Waals surface area contributed by atoms with Crippen LogP contribution in [0.25, 0.3) is 0 Å². The molecule has 0 aliphatic carbocycles. The molecule has 4 aromatic heterocycles. The minimum atomic E-state index is -0.905. The van der Waals surface area contributed by atoms with Gasteiger partial charge in [0.05, 0.1) is 51.9 Å². The first-order valence-corrected chi connectivity index (χ1v) is 47.8. The zero-order valence-corrected chi connectivity index (χ0v) is 79.1. The van der Waals surface area contributed by atoms with E-state index in [1.165, 1.54) is 30.3 Å². The standard InChI is InChI=1S/C29H27F2N3O4.2C22H21F2N3O4.C20H19IN2O3.C7H7F2N.C2H6.CO/c1-16-7-10-21-22-11-12-23-24(28(36)32-14-18-8-9-19(30)13-20(18)31)26(35)27(25(34(22)23)29(37)33(16)21)38-15-17-5-3-2-4-6-17;2*1-10-6-16-14-4-5-15-17(21(30)25-8-11-2-3-12(23)7-13(11)24)19(28)20(29)18(27(14)15)22(31)26(16)9-10;21-16-15-9-8-14-13-7-4-10-22(13)20(25)17(23(14)15)19(18(16)24)26-11-12-5-2-1-3-6-12;8-6-2-1-5(4-10)7(9)3-6;2*1-2/h2-6,8-9,13,16,21-22H,7,10-12,14-15H2,1H3,(H,32,36);2*2-3,7,10,14,16,29H,4-6,8-9H2,1H3,(H,25,30);1-3,5-6,13-14H,4,7-11H2;1-3H,4,10H2;1-2H3;/t16-,21?,22?;2*10-,14?,16?;;;;/m011..../s1. The van der Waals surface area contributed by atoms with Crippen LogP contribution < -0.4 is 52.9 Å². The summed E-state index contributed by atoms with van der Waals surface area (Å²) in [6.45, 7) is 16.3. The number of benzene rings is 6. The van der Waals surface area contributed by atoms with E-state index < -0.39 is 92.0 Å². The predicted octanol–water partition coefficient (Wildman–Crippen LogP) is 13.9. The molecular weight excluding hydrogens is 1940 g/mol. The summed E-state index contributed by atoms with van der Waals surface area (Å²) in [5.41, 5.74) is 7.31. The molecule has 11 atom stereocenters. The van der Waals surface area contributed by atoms with Crippen molar-refractivity contribution < 1.29 is 93.0 Å². The maximum atomic E-state index is 14.2. The SMILES string of the molecule is CC.C[C@@H]1CC2C3CCc4c(C(=O)NCc5ccc(F)cc5F)c(=O)c(O)c(n43)C(=O)N2C1.C[C@@H]1CC2C3CCc4c(C(=O)NCc5ccc(F)cc5F)c(=O)c(O)c(n43)C(=O)N2C1.C[C@H]1CCC2C3CCc4c(C(=O)NCc5ccc(F)cc5F)c(=O)c(OCc5ccccc5)c(n43)C(=O)N21.NCc1ccc(F)cc1F.O=C1c2c(OCc3ccccc3)c(=O)c(I)c3n2C(CC3)C2CCCN12.[C-]#[O+]. The van der Waals surface area contributed by atoms with Crippen LogP contribution >= 0.6 is 22.6 Å². The van der Waals surface area contributed by atoms with Gasteiger partial charge >= 0.3 is 11.3 Å². The summed E-state index contributed by atoms with van der Waals surface area (Å²) in [5.74, 6) is -9.73. The first-order chi connectivity index (χ1) is 67.3. The number of pyridine rings is 4. The Labute approximate surface area is 811 Å². The molecule has 732 valence electrons. The normalized spacial score (nSPS) is 21.3. The molecule has 12 aliphatic rings. The summed E-state index contributed by atoms with van der Waals surface area (Å²) in [6.07, 6.45) is 10.7. The van der Waals surface area contributed by atoms with Crippen molar-refractivity contribution in [3.8, 4) is 23.0 Å². The van der Waals surface area contributed by atoms with E-state index in [1.807, 2.05) is 95.8 Å². The van der Waals surface area contributed by atoms with Gasteiger partial charge < -0.3 is 79.2 Å². The number of amides is 7. The summed E-state index contributed by atoms with van der Waals surface area (Å²) < 4.78 is 134. The second-order valence-electron chi connectivity index (χ2n) is 36.6. The van der Waals surface area contributed by atoms with Gasteiger partial charge in [0.2, 0.25) is 21.7 Å². The molecule has 16 heterocycles. The van der Waals surface area contributed by atoms with Crippen molar-refractivity contribution in [1.29, 1.82) is 0 Å². The Hall–Kier alpha value is -13.5. The van der Waals surface area contributed by atoms with E-state index in [0.29, 0.717) is 114 Å². The number of nitrogens with two attached hydrogens (primary N) is 1. The van der Waals surface area contributed by atoms with Crippen molar-refractivity contribution in [3.63, 3.8) is 0 Å². The van der Waals surface area contributed by atoms with Crippen LogP contribution in [0.1, 0.15) is 252 Å². The average molecular weight is 2040 g/mol. The van der Waals surface area contributed by atoms with E-state index in [-0.39, 0.29) is 178 Å². The molecule has 7 amide bonds. The fourth-order valence-electron chi connectivity index (χ4n) is 22.2. The van der Waals surface area contributed by atoms with Gasteiger partial charge in [0.15, 0.2) is 45.8 Å². The third kappa shape index (κ3) is 18.5. The molecule has 12 aliphatic heterocycles. The molecule has 0 saturated carbocycles. The molecule has 140 heavy (non-hydrogen) atoms. The second-order valence-corrected chi connectivity index (χ2v) is 37.7. The summed E-state index contributed by atoms with van der Waals surface area (Å²) in [5, 5.41) is 28.8. The topological polar surface area (TPSA) is 361 Å². The molecule has 6 aromatic carbocycles. The number of halogens is 9. The number of hydrogen-bond acceptors (Lipinski definition) is 16. The van der Waals surface area contributed by atoms with Gasteiger partial charge in [-0.3, -0.25) is 52.7 Å². The number of nitrogens with zero attached hydrogens (tertiary/aromatic N) is 8. The molecule has 0 spiro atoms. The Morgan fingerprint density at radius 1 is 0.421 bits per heavy atom. The molecule has 37 heteroatoms. The van der Waals surface area contributed by atoms with Gasteiger partial charge in [-0.05, 0) is 167 Å². The van der Waals surface area contributed by atoms with Gasteiger partial charge in [-0.2, -0.15) is 0 Å². The predicted molar refractivity (Wildman–Crippen MR) is 502 cm³/mol. The minimum absolute atomic E-state index is 0.0000484. The third-order valence-corrected chi connectivity index (χ3v) is 29.4. The van der Waals surface area contributed by atoms with E-state index in [2.05, 4.69) is 63.6 Å². The Bertz CT molecular complexity index is 6730. The quantitative estimate of drug-likeness (QED) is 0.0226. The van der Waals surface area contributed by atoms with Crippen LogP contribution in [-0.4, -0.2) is 139 Å². The molecule has 8 unspecified atom stereocenters. The molecule has 10 aromatic rings. The molecule has 4 saturated heterocycles. The summed E-state index contributed by atoms with van der Waals surface area (Å²) >= 11 is 2.13. The zero-order chi connectivity index (χ0) is 100.0. The Morgan fingerprint density at radius 2 is 0.771 bits per heavy atom. The first kappa shape index (κ1) is 99.5. The van der Waals surface area contributed by atoms with Crippen LogP contribution in [-0.2, 0) is 69.7 Å². The van der Waals surface area contributed by atoms with Crippen LogP contribution in [0.5, 0.6) is 23.0 Å². The number of aromatic nitrogens is 4. The Morgan fingerprint density at radius 3 is 1.18 bits per heavy atom. The van der Waals surface area contributed by atoms with Crippen molar-refractivity contribution in [2.45, 2.75) is 218 Å². The van der Waals surface area contributed by atoms with Crippen LogP contribution in [0, 0.1) is 68.6 Å². The number of carbonyl (C=O) groups excluding carboxylic acids is 7. The van der Waals surface area contributed by atoms with Crippen molar-refractivity contribution >= 4 is 63.9 Å². The van der Waals surface area contributed by atoms with Gasteiger partial charge in [-0.25, -0.2) is 35.1 Å². The monoisotopic (exact) mass is 2040 g/mol. The van der Waals surface area contributed by atoms with E-state index in [9.17, 15) is 98.1 Å².